The monoisotopic (exact) mass is 271 g/mol. The lowest BCUT2D eigenvalue weighted by molar-refractivity contribution is -0.121. The van der Waals surface area contributed by atoms with Crippen LogP contribution in [0.15, 0.2) is 0 Å². The molecule has 1 rings (SSSR count). The number of hydrogen-bond acceptors (Lipinski definition) is 4. The van der Waals surface area contributed by atoms with Crippen molar-refractivity contribution in [3.8, 4) is 0 Å². The zero-order valence-corrected chi connectivity index (χ0v) is 12.7. The Hall–Kier alpha value is -0.650. The summed E-state index contributed by atoms with van der Waals surface area (Å²) in [6.45, 7) is 13.9. The van der Waals surface area contributed by atoms with Gasteiger partial charge in [0.25, 0.3) is 0 Å². The van der Waals surface area contributed by atoms with E-state index in [1.807, 2.05) is 6.92 Å². The molecule has 1 heterocycles. The van der Waals surface area contributed by atoms with Gasteiger partial charge in [-0.1, -0.05) is 6.92 Å². The van der Waals surface area contributed by atoms with Gasteiger partial charge in [-0.3, -0.25) is 14.6 Å². The van der Waals surface area contributed by atoms with Crippen LogP contribution < -0.4 is 5.32 Å². The quantitative estimate of drug-likeness (QED) is 0.655. The second kappa shape index (κ2) is 9.28. The van der Waals surface area contributed by atoms with E-state index < -0.39 is 0 Å². The number of carbonyl (C=O) groups is 1. The molecule has 0 aliphatic carbocycles. The van der Waals surface area contributed by atoms with Crippen LogP contribution >= 0.6 is 0 Å². The summed E-state index contributed by atoms with van der Waals surface area (Å²) in [6.07, 6.45) is 0.542. The molecule has 0 bridgehead atoms. The highest BCUT2D eigenvalue weighted by Gasteiger charge is 2.17. The third-order valence-corrected chi connectivity index (χ3v) is 3.58. The first-order valence-corrected chi connectivity index (χ1v) is 7.44. The van der Waals surface area contributed by atoms with Crippen LogP contribution in [0, 0.1) is 0 Å². The summed E-state index contributed by atoms with van der Waals surface area (Å²) in [4.78, 5) is 16.0. The molecule has 1 N–H and O–H groups in total. The maximum Gasteiger partial charge on any atom is 0.219 e. The number of ether oxygens (including phenoxy) is 1. The van der Waals surface area contributed by atoms with Gasteiger partial charge >= 0.3 is 0 Å². The van der Waals surface area contributed by atoms with Gasteiger partial charge in [-0.2, -0.15) is 0 Å². The molecule has 19 heavy (non-hydrogen) atoms. The van der Waals surface area contributed by atoms with E-state index in [2.05, 4.69) is 29.0 Å². The highest BCUT2D eigenvalue weighted by molar-refractivity contribution is 5.75. The third-order valence-electron chi connectivity index (χ3n) is 3.58. The highest BCUT2D eigenvalue weighted by Crippen LogP contribution is 2.05. The zero-order chi connectivity index (χ0) is 14.1. The summed E-state index contributed by atoms with van der Waals surface area (Å²) in [5.74, 6) is 0.0911. The van der Waals surface area contributed by atoms with Gasteiger partial charge in [0.2, 0.25) is 5.91 Å². The topological polar surface area (TPSA) is 44.8 Å². The molecule has 112 valence electrons. The third kappa shape index (κ3) is 6.89. The molecule has 0 atom stereocenters. The number of amides is 1. The minimum absolute atomic E-state index is 0.0911. The van der Waals surface area contributed by atoms with E-state index >= 15 is 0 Å². The summed E-state index contributed by atoms with van der Waals surface area (Å²) in [5.41, 5.74) is 0. The second-order valence-corrected chi connectivity index (χ2v) is 5.29. The van der Waals surface area contributed by atoms with Gasteiger partial charge in [0.1, 0.15) is 0 Å². The molecule has 0 aromatic rings. The fourth-order valence-corrected chi connectivity index (χ4v) is 2.19. The predicted octanol–water partition coefficient (Wildman–Crippen LogP) is 0.555. The predicted molar refractivity (Wildman–Crippen MR) is 77.3 cm³/mol. The van der Waals surface area contributed by atoms with Crippen LogP contribution in [0.2, 0.25) is 0 Å². The minimum atomic E-state index is 0.0911. The minimum Gasteiger partial charge on any atom is -0.378 e. The van der Waals surface area contributed by atoms with E-state index in [0.29, 0.717) is 25.6 Å². The van der Waals surface area contributed by atoms with Crippen LogP contribution in [0.1, 0.15) is 27.2 Å². The SMILES string of the molecule is CCC(=O)NCCOCCN1CCN(C(C)C)CC1. The van der Waals surface area contributed by atoms with Crippen molar-refractivity contribution in [1.82, 2.24) is 15.1 Å². The Bertz CT molecular complexity index is 251. The highest BCUT2D eigenvalue weighted by atomic mass is 16.5. The van der Waals surface area contributed by atoms with E-state index in [9.17, 15) is 4.79 Å². The van der Waals surface area contributed by atoms with Gasteiger partial charge in [-0.25, -0.2) is 0 Å². The molecule has 1 saturated heterocycles. The summed E-state index contributed by atoms with van der Waals surface area (Å²) in [7, 11) is 0. The first kappa shape index (κ1) is 16.4. The van der Waals surface area contributed by atoms with Crippen LogP contribution in [-0.4, -0.2) is 74.2 Å². The van der Waals surface area contributed by atoms with Gasteiger partial charge in [0.15, 0.2) is 0 Å². The molecule has 0 aromatic heterocycles. The smallest absolute Gasteiger partial charge is 0.219 e. The molecule has 0 spiro atoms. The van der Waals surface area contributed by atoms with E-state index in [1.54, 1.807) is 0 Å². The summed E-state index contributed by atoms with van der Waals surface area (Å²) in [6, 6.07) is 0.653. The molecule has 0 radical (unpaired) electrons. The summed E-state index contributed by atoms with van der Waals surface area (Å²) >= 11 is 0. The van der Waals surface area contributed by atoms with Crippen molar-refractivity contribution in [3.63, 3.8) is 0 Å². The second-order valence-electron chi connectivity index (χ2n) is 5.29. The van der Waals surface area contributed by atoms with Gasteiger partial charge in [-0.15, -0.1) is 0 Å². The number of hydrogen-bond donors (Lipinski definition) is 1. The Morgan fingerprint density at radius 1 is 1.21 bits per heavy atom. The average Bonchev–Trinajstić information content (AvgIpc) is 2.42. The van der Waals surface area contributed by atoms with Crippen molar-refractivity contribution >= 4 is 5.91 Å². The zero-order valence-electron chi connectivity index (χ0n) is 12.7. The van der Waals surface area contributed by atoms with Gasteiger partial charge < -0.3 is 10.1 Å². The fourth-order valence-electron chi connectivity index (χ4n) is 2.19. The van der Waals surface area contributed by atoms with Crippen molar-refractivity contribution in [2.45, 2.75) is 33.2 Å². The number of rotatable bonds is 8. The van der Waals surface area contributed by atoms with Crippen LogP contribution in [0.5, 0.6) is 0 Å². The molecular weight excluding hydrogens is 242 g/mol. The fraction of sp³-hybridized carbons (Fsp3) is 0.929. The van der Waals surface area contributed by atoms with Crippen LogP contribution in [0.4, 0.5) is 0 Å². The van der Waals surface area contributed by atoms with Gasteiger partial charge in [0, 0.05) is 51.7 Å². The van der Waals surface area contributed by atoms with Gasteiger partial charge in [-0.05, 0) is 13.8 Å². The number of piperazine rings is 1. The largest absolute Gasteiger partial charge is 0.378 e. The molecule has 1 aliphatic heterocycles. The lowest BCUT2D eigenvalue weighted by Crippen LogP contribution is -2.49. The Morgan fingerprint density at radius 2 is 1.89 bits per heavy atom. The number of nitrogens with zero attached hydrogens (tertiary/aromatic N) is 2. The summed E-state index contributed by atoms with van der Waals surface area (Å²) < 4.78 is 5.54. The Labute approximate surface area is 117 Å². The van der Waals surface area contributed by atoms with E-state index in [1.165, 1.54) is 0 Å². The molecule has 0 aromatic carbocycles. The molecule has 1 amide bonds. The average molecular weight is 271 g/mol. The molecule has 5 nitrogen and oxygen atoms in total. The molecule has 0 unspecified atom stereocenters. The standard InChI is InChI=1S/C14H29N3O2/c1-4-14(18)15-5-11-19-12-10-16-6-8-17(9-7-16)13(2)3/h13H,4-12H2,1-3H3,(H,15,18). The first-order valence-electron chi connectivity index (χ1n) is 7.44. The van der Waals surface area contributed by atoms with Crippen molar-refractivity contribution in [1.29, 1.82) is 0 Å². The Kier molecular flexibility index (Phi) is 8.02. The van der Waals surface area contributed by atoms with Crippen molar-refractivity contribution in [2.24, 2.45) is 0 Å². The normalized spacial score (nSPS) is 17.9. The maximum atomic E-state index is 11.0. The van der Waals surface area contributed by atoms with Crippen molar-refractivity contribution in [2.75, 3.05) is 52.5 Å². The number of nitrogens with one attached hydrogen (secondary N) is 1. The van der Waals surface area contributed by atoms with Crippen LogP contribution in [0.3, 0.4) is 0 Å². The van der Waals surface area contributed by atoms with Gasteiger partial charge in [0.05, 0.1) is 13.2 Å². The molecular formula is C14H29N3O2. The Morgan fingerprint density at radius 3 is 2.47 bits per heavy atom. The molecule has 5 heteroatoms. The van der Waals surface area contributed by atoms with Crippen molar-refractivity contribution < 1.29 is 9.53 Å². The lowest BCUT2D eigenvalue weighted by Gasteiger charge is -2.36. The maximum absolute atomic E-state index is 11.0. The van der Waals surface area contributed by atoms with Crippen molar-refractivity contribution in [3.05, 3.63) is 0 Å². The van der Waals surface area contributed by atoms with E-state index in [4.69, 9.17) is 4.74 Å². The molecule has 0 saturated carbocycles. The van der Waals surface area contributed by atoms with E-state index in [-0.39, 0.29) is 5.91 Å². The first-order chi connectivity index (χ1) is 9.13. The van der Waals surface area contributed by atoms with Crippen LogP contribution in [-0.2, 0) is 9.53 Å². The van der Waals surface area contributed by atoms with E-state index in [0.717, 1.165) is 39.3 Å². The lowest BCUT2D eigenvalue weighted by atomic mass is 10.2. The molecule has 1 fully saturated rings. The number of carbonyl (C=O) groups excluding carboxylic acids is 1. The van der Waals surface area contributed by atoms with Crippen LogP contribution in [0.25, 0.3) is 0 Å². The Balaban J connectivity index is 1.95. The molecule has 1 aliphatic rings. The summed E-state index contributed by atoms with van der Waals surface area (Å²) in [5, 5.41) is 2.80.